The van der Waals surface area contributed by atoms with Crippen molar-refractivity contribution in [3.05, 3.63) is 23.3 Å². The fourth-order valence-corrected chi connectivity index (χ4v) is 6.88. The fourth-order valence-electron chi connectivity index (χ4n) is 6.88. The number of nitrogens with zero attached hydrogens (tertiary/aromatic N) is 1. The maximum atomic E-state index is 10.9. The number of phenols is 1. The van der Waals surface area contributed by atoms with Crippen molar-refractivity contribution in [1.82, 2.24) is 10.2 Å². The van der Waals surface area contributed by atoms with E-state index in [0.717, 1.165) is 37.8 Å². The first kappa shape index (κ1) is 19.2. The van der Waals surface area contributed by atoms with E-state index >= 15 is 0 Å². The summed E-state index contributed by atoms with van der Waals surface area (Å²) in [6, 6.07) is 4.20. The van der Waals surface area contributed by atoms with Gasteiger partial charge in [-0.15, -0.1) is 0 Å². The van der Waals surface area contributed by atoms with Gasteiger partial charge in [0.1, 0.15) is 6.10 Å². The summed E-state index contributed by atoms with van der Waals surface area (Å²) in [5, 5.41) is 23.1. The van der Waals surface area contributed by atoms with Crippen LogP contribution in [-0.2, 0) is 21.4 Å². The Hall–Kier alpha value is -1.83. The van der Waals surface area contributed by atoms with Crippen molar-refractivity contribution < 1.29 is 24.5 Å². The van der Waals surface area contributed by atoms with Crippen molar-refractivity contribution in [2.45, 2.75) is 67.7 Å². The molecule has 2 unspecified atom stereocenters. The molecule has 1 aromatic carbocycles. The molecule has 4 aliphatic rings. The monoisotopic (exact) mass is 402 g/mol. The molecular weight excluding hydrogens is 372 g/mol. The number of rotatable bonds is 6. The standard InChI is InChI=1S/C22H30N2O5/c1-24-11-9-21-18-13-5-6-15(25)19(18)29-20(21)14(23-10-3-4-17(26)27)7-8-22(21,28-2)16(24)12-13/h5-6,14,16,20,23,25H,3-4,7-12H2,1-2H3,(H,26,27)/t14-,16?,20+,21?,22-/m1/s1. The van der Waals surface area contributed by atoms with E-state index in [-0.39, 0.29) is 41.4 Å². The van der Waals surface area contributed by atoms with Crippen molar-refractivity contribution in [2.75, 3.05) is 27.2 Å². The number of aliphatic carboxylic acids is 1. The molecule has 5 rings (SSSR count). The number of carboxylic acid groups (broad SMARTS) is 1. The third kappa shape index (κ3) is 2.38. The minimum Gasteiger partial charge on any atom is -0.504 e. The van der Waals surface area contributed by atoms with Crippen LogP contribution in [0.15, 0.2) is 12.1 Å². The first-order valence-electron chi connectivity index (χ1n) is 10.7. The number of hydrogen-bond donors (Lipinski definition) is 3. The second-order valence-corrected chi connectivity index (χ2v) is 9.10. The van der Waals surface area contributed by atoms with Gasteiger partial charge in [-0.05, 0) is 63.9 Å². The third-order valence-corrected chi connectivity index (χ3v) is 8.03. The molecule has 1 aromatic rings. The van der Waals surface area contributed by atoms with Crippen LogP contribution in [0.2, 0.25) is 0 Å². The molecule has 0 amide bonds. The van der Waals surface area contributed by atoms with Gasteiger partial charge in [0.2, 0.25) is 0 Å². The van der Waals surface area contributed by atoms with Gasteiger partial charge >= 0.3 is 5.97 Å². The second-order valence-electron chi connectivity index (χ2n) is 9.10. The van der Waals surface area contributed by atoms with Crippen LogP contribution in [0.25, 0.3) is 0 Å². The average molecular weight is 402 g/mol. The predicted octanol–water partition coefficient (Wildman–Crippen LogP) is 1.65. The first-order chi connectivity index (χ1) is 13.9. The Kier molecular flexibility index (Phi) is 4.35. The van der Waals surface area contributed by atoms with Crippen LogP contribution in [-0.4, -0.2) is 72.1 Å². The summed E-state index contributed by atoms with van der Waals surface area (Å²) in [6.07, 6.45) is 4.29. The van der Waals surface area contributed by atoms with E-state index in [0.29, 0.717) is 18.7 Å². The molecule has 1 saturated heterocycles. The van der Waals surface area contributed by atoms with E-state index in [1.165, 1.54) is 5.56 Å². The Labute approximate surface area is 171 Å². The lowest BCUT2D eigenvalue weighted by atomic mass is 9.48. The number of carboxylic acids is 1. The number of benzene rings is 1. The van der Waals surface area contributed by atoms with E-state index in [2.05, 4.69) is 23.3 Å². The molecule has 1 spiro atoms. The summed E-state index contributed by atoms with van der Waals surface area (Å²) in [6.45, 7) is 1.61. The van der Waals surface area contributed by atoms with Gasteiger partial charge in [-0.2, -0.15) is 0 Å². The van der Waals surface area contributed by atoms with Crippen LogP contribution in [0.1, 0.15) is 43.2 Å². The number of likely N-dealkylation sites (N-methyl/N-ethyl adjacent to an activating group) is 1. The van der Waals surface area contributed by atoms with Gasteiger partial charge in [0.15, 0.2) is 11.5 Å². The Balaban J connectivity index is 1.57. The summed E-state index contributed by atoms with van der Waals surface area (Å²) in [5.41, 5.74) is 1.79. The summed E-state index contributed by atoms with van der Waals surface area (Å²) in [5.74, 6) is 0.0765. The quantitative estimate of drug-likeness (QED) is 0.623. The lowest BCUT2D eigenvalue weighted by Gasteiger charge is -2.65. The lowest BCUT2D eigenvalue weighted by Crippen LogP contribution is -2.78. The zero-order chi connectivity index (χ0) is 20.4. The van der Waals surface area contributed by atoms with Gasteiger partial charge in [0, 0.05) is 31.2 Å². The van der Waals surface area contributed by atoms with E-state index in [9.17, 15) is 9.90 Å². The van der Waals surface area contributed by atoms with Crippen LogP contribution in [0.5, 0.6) is 11.5 Å². The Morgan fingerprint density at radius 2 is 2.24 bits per heavy atom. The first-order valence-corrected chi connectivity index (χ1v) is 10.7. The number of methoxy groups -OCH3 is 1. The molecule has 5 atom stereocenters. The summed E-state index contributed by atoms with van der Waals surface area (Å²) in [4.78, 5) is 13.3. The molecule has 2 aliphatic carbocycles. The number of likely N-dealkylation sites (tertiary alicyclic amines) is 1. The van der Waals surface area contributed by atoms with Gasteiger partial charge in [0.25, 0.3) is 0 Å². The van der Waals surface area contributed by atoms with Gasteiger partial charge < -0.3 is 29.9 Å². The van der Waals surface area contributed by atoms with Gasteiger partial charge in [-0.3, -0.25) is 4.79 Å². The van der Waals surface area contributed by atoms with Crippen LogP contribution in [0.3, 0.4) is 0 Å². The fraction of sp³-hybridized carbons (Fsp3) is 0.682. The highest BCUT2D eigenvalue weighted by atomic mass is 16.5. The van der Waals surface area contributed by atoms with Crippen molar-refractivity contribution in [3.8, 4) is 11.5 Å². The van der Waals surface area contributed by atoms with E-state index in [1.54, 1.807) is 6.07 Å². The highest BCUT2D eigenvalue weighted by Gasteiger charge is 2.73. The van der Waals surface area contributed by atoms with Crippen LogP contribution in [0, 0.1) is 0 Å². The molecule has 2 aliphatic heterocycles. The van der Waals surface area contributed by atoms with E-state index in [1.807, 2.05) is 7.11 Å². The molecule has 2 fully saturated rings. The lowest BCUT2D eigenvalue weighted by molar-refractivity contribution is -0.203. The van der Waals surface area contributed by atoms with Crippen LogP contribution >= 0.6 is 0 Å². The van der Waals surface area contributed by atoms with Gasteiger partial charge in [0.05, 0.1) is 11.0 Å². The number of nitrogens with one attached hydrogen (secondary N) is 1. The van der Waals surface area contributed by atoms with Crippen molar-refractivity contribution >= 4 is 5.97 Å². The normalized spacial score (nSPS) is 37.1. The number of ether oxygens (including phenoxy) is 2. The highest BCUT2D eigenvalue weighted by Crippen LogP contribution is 2.66. The number of carbonyl (C=O) groups is 1. The Morgan fingerprint density at radius 1 is 1.41 bits per heavy atom. The third-order valence-electron chi connectivity index (χ3n) is 8.03. The number of hydrogen-bond acceptors (Lipinski definition) is 6. The van der Waals surface area contributed by atoms with Gasteiger partial charge in [-0.1, -0.05) is 6.07 Å². The zero-order valence-electron chi connectivity index (χ0n) is 17.1. The minimum absolute atomic E-state index is 0.105. The summed E-state index contributed by atoms with van der Waals surface area (Å²) < 4.78 is 12.9. The molecule has 0 radical (unpaired) electrons. The van der Waals surface area contributed by atoms with E-state index < -0.39 is 5.97 Å². The van der Waals surface area contributed by atoms with Crippen LogP contribution in [0.4, 0.5) is 0 Å². The Bertz CT molecular complexity index is 845. The van der Waals surface area contributed by atoms with Crippen LogP contribution < -0.4 is 10.1 Å². The smallest absolute Gasteiger partial charge is 0.303 e. The molecule has 1 saturated carbocycles. The van der Waals surface area contributed by atoms with Crippen molar-refractivity contribution in [2.24, 2.45) is 0 Å². The Morgan fingerprint density at radius 3 is 3.00 bits per heavy atom. The average Bonchev–Trinajstić information content (AvgIpc) is 3.06. The maximum absolute atomic E-state index is 10.9. The topological polar surface area (TPSA) is 91.3 Å². The molecule has 7 nitrogen and oxygen atoms in total. The molecule has 2 bridgehead atoms. The molecule has 2 heterocycles. The van der Waals surface area contributed by atoms with Crippen molar-refractivity contribution in [3.63, 3.8) is 0 Å². The molecule has 0 aromatic heterocycles. The number of piperidine rings is 1. The molecule has 3 N–H and O–H groups in total. The molecule has 158 valence electrons. The summed E-state index contributed by atoms with van der Waals surface area (Å²) >= 11 is 0. The molecular formula is C22H30N2O5. The number of aromatic hydroxyl groups is 1. The second kappa shape index (κ2) is 6.59. The molecule has 29 heavy (non-hydrogen) atoms. The number of phenolic OH excluding ortho intramolecular Hbond substituents is 1. The predicted molar refractivity (Wildman–Crippen MR) is 107 cm³/mol. The summed E-state index contributed by atoms with van der Waals surface area (Å²) in [7, 11) is 4.02. The maximum Gasteiger partial charge on any atom is 0.303 e. The zero-order valence-corrected chi connectivity index (χ0v) is 17.1. The highest BCUT2D eigenvalue weighted by molar-refractivity contribution is 5.66. The van der Waals surface area contributed by atoms with E-state index in [4.69, 9.17) is 14.6 Å². The minimum atomic E-state index is -0.767. The molecule has 7 heteroatoms. The largest absolute Gasteiger partial charge is 0.504 e. The van der Waals surface area contributed by atoms with Gasteiger partial charge in [-0.25, -0.2) is 0 Å². The van der Waals surface area contributed by atoms with Crippen molar-refractivity contribution in [1.29, 1.82) is 0 Å². The SMILES string of the molecule is CO[C@@]12CC[C@@H](NCCCC(=O)O)[C@@H]3Oc4c(O)ccc5c4C31CCN(C)C2C5.